The van der Waals surface area contributed by atoms with Gasteiger partial charge in [-0.15, -0.1) is 0 Å². The number of hydrogen-bond acceptors (Lipinski definition) is 3. The normalized spacial score (nSPS) is 12.3. The summed E-state index contributed by atoms with van der Waals surface area (Å²) in [6, 6.07) is 11.0. The second-order valence-corrected chi connectivity index (χ2v) is 5.39. The van der Waals surface area contributed by atoms with Crippen LogP contribution in [0.2, 0.25) is 0 Å². The Morgan fingerprint density at radius 2 is 2.05 bits per heavy atom. The molecule has 22 heavy (non-hydrogen) atoms. The van der Waals surface area contributed by atoms with Gasteiger partial charge < -0.3 is 0 Å². The van der Waals surface area contributed by atoms with E-state index in [1.807, 2.05) is 30.3 Å². The topological polar surface area (TPSA) is 42.9 Å². The molecule has 2 heterocycles. The van der Waals surface area contributed by atoms with Crippen LogP contribution in [-0.2, 0) is 0 Å². The Balaban J connectivity index is 1.99. The number of rotatable bonds is 3. The van der Waals surface area contributed by atoms with Crippen LogP contribution in [0.4, 0.5) is 4.39 Å². The van der Waals surface area contributed by atoms with Crippen LogP contribution in [-0.4, -0.2) is 23.6 Å². The van der Waals surface area contributed by atoms with E-state index in [1.165, 1.54) is 6.20 Å². The maximum absolute atomic E-state index is 13.8. The fourth-order valence-corrected chi connectivity index (χ4v) is 2.47. The standard InChI is InChI=1S/C17H14BFN2O/c1-10(16(22)14-8-13(18)9-21-17(14)19)11-4-5-15-12(7-11)3-2-6-20-15/h2-10H,18H2,1H3. The predicted octanol–water partition coefficient (Wildman–Crippen LogP) is 2.01. The Bertz CT molecular complexity index is 866. The summed E-state index contributed by atoms with van der Waals surface area (Å²) < 4.78 is 13.8. The van der Waals surface area contributed by atoms with Crippen LogP contribution in [0.5, 0.6) is 0 Å². The zero-order valence-corrected chi connectivity index (χ0v) is 12.4. The van der Waals surface area contributed by atoms with E-state index in [-0.39, 0.29) is 11.3 Å². The molecule has 3 aromatic rings. The second-order valence-electron chi connectivity index (χ2n) is 5.39. The summed E-state index contributed by atoms with van der Waals surface area (Å²) in [5.74, 6) is -1.43. The van der Waals surface area contributed by atoms with Crippen molar-refractivity contribution in [2.75, 3.05) is 0 Å². The second kappa shape index (κ2) is 5.68. The smallest absolute Gasteiger partial charge is 0.223 e. The molecule has 1 atom stereocenters. The molecule has 0 spiro atoms. The van der Waals surface area contributed by atoms with Crippen molar-refractivity contribution in [1.29, 1.82) is 0 Å². The summed E-state index contributed by atoms with van der Waals surface area (Å²) in [5.41, 5.74) is 2.51. The van der Waals surface area contributed by atoms with E-state index in [1.54, 1.807) is 27.0 Å². The number of halogens is 1. The number of fused-ring (bicyclic) bond motifs is 1. The molecule has 1 aromatic carbocycles. The highest BCUT2D eigenvalue weighted by Crippen LogP contribution is 2.24. The van der Waals surface area contributed by atoms with Gasteiger partial charge in [-0.2, -0.15) is 4.39 Å². The van der Waals surface area contributed by atoms with Crippen molar-refractivity contribution in [1.82, 2.24) is 9.97 Å². The van der Waals surface area contributed by atoms with Crippen molar-refractivity contribution in [2.24, 2.45) is 0 Å². The summed E-state index contributed by atoms with van der Waals surface area (Å²) in [6.07, 6.45) is 3.14. The third kappa shape index (κ3) is 2.62. The van der Waals surface area contributed by atoms with E-state index >= 15 is 0 Å². The molecule has 108 valence electrons. The van der Waals surface area contributed by atoms with E-state index in [9.17, 15) is 9.18 Å². The van der Waals surface area contributed by atoms with Gasteiger partial charge in [0.2, 0.25) is 5.95 Å². The molecule has 0 N–H and O–H groups in total. The molecule has 2 aromatic heterocycles. The molecule has 0 aliphatic heterocycles. The molecule has 0 saturated carbocycles. The van der Waals surface area contributed by atoms with E-state index in [2.05, 4.69) is 9.97 Å². The monoisotopic (exact) mass is 292 g/mol. The maximum Gasteiger partial charge on any atom is 0.223 e. The Morgan fingerprint density at radius 1 is 1.23 bits per heavy atom. The number of aromatic nitrogens is 2. The first-order chi connectivity index (χ1) is 10.6. The molecule has 0 aliphatic carbocycles. The number of pyridine rings is 2. The Kier molecular flexibility index (Phi) is 3.71. The quantitative estimate of drug-likeness (QED) is 0.421. The third-order valence-corrected chi connectivity index (χ3v) is 3.76. The van der Waals surface area contributed by atoms with Gasteiger partial charge in [0.05, 0.1) is 11.1 Å². The molecular formula is C17H14BFN2O. The zero-order chi connectivity index (χ0) is 15.7. The summed E-state index contributed by atoms with van der Waals surface area (Å²) >= 11 is 0. The summed E-state index contributed by atoms with van der Waals surface area (Å²) in [4.78, 5) is 20.4. The largest absolute Gasteiger partial charge is 0.293 e. The van der Waals surface area contributed by atoms with Gasteiger partial charge in [0.1, 0.15) is 7.85 Å². The molecule has 0 radical (unpaired) electrons. The maximum atomic E-state index is 13.8. The van der Waals surface area contributed by atoms with E-state index in [0.29, 0.717) is 0 Å². The molecule has 0 amide bonds. The van der Waals surface area contributed by atoms with Gasteiger partial charge >= 0.3 is 0 Å². The first kappa shape index (κ1) is 14.4. The molecule has 0 aliphatic rings. The molecule has 3 rings (SSSR count). The van der Waals surface area contributed by atoms with Gasteiger partial charge in [0.15, 0.2) is 5.78 Å². The van der Waals surface area contributed by atoms with Gasteiger partial charge in [0.25, 0.3) is 0 Å². The van der Waals surface area contributed by atoms with E-state index in [0.717, 1.165) is 21.9 Å². The van der Waals surface area contributed by atoms with Crippen LogP contribution in [0.25, 0.3) is 10.9 Å². The molecule has 5 heteroatoms. The van der Waals surface area contributed by atoms with Gasteiger partial charge in [0, 0.05) is 23.7 Å². The lowest BCUT2D eigenvalue weighted by Crippen LogP contribution is -2.16. The number of ketones is 1. The van der Waals surface area contributed by atoms with Gasteiger partial charge in [-0.1, -0.05) is 30.6 Å². The van der Waals surface area contributed by atoms with Crippen molar-refractivity contribution in [2.45, 2.75) is 12.8 Å². The van der Waals surface area contributed by atoms with Crippen molar-refractivity contribution < 1.29 is 9.18 Å². The number of carbonyl (C=O) groups is 1. The minimum Gasteiger partial charge on any atom is -0.293 e. The molecule has 0 fully saturated rings. The number of carbonyl (C=O) groups excluding carboxylic acids is 1. The fraction of sp³-hybridized carbons (Fsp3) is 0.118. The van der Waals surface area contributed by atoms with Crippen LogP contribution in [0.3, 0.4) is 0 Å². The molecule has 1 unspecified atom stereocenters. The van der Waals surface area contributed by atoms with Gasteiger partial charge in [-0.3, -0.25) is 9.78 Å². The van der Waals surface area contributed by atoms with Crippen molar-refractivity contribution in [3.05, 3.63) is 65.9 Å². The van der Waals surface area contributed by atoms with E-state index < -0.39 is 11.9 Å². The Morgan fingerprint density at radius 3 is 2.86 bits per heavy atom. The predicted molar refractivity (Wildman–Crippen MR) is 86.9 cm³/mol. The van der Waals surface area contributed by atoms with Crippen LogP contribution in [0.15, 0.2) is 48.8 Å². The first-order valence-electron chi connectivity index (χ1n) is 7.07. The van der Waals surface area contributed by atoms with E-state index in [4.69, 9.17) is 0 Å². The highest BCUT2D eigenvalue weighted by molar-refractivity contribution is 6.32. The van der Waals surface area contributed by atoms with Crippen molar-refractivity contribution in [3.63, 3.8) is 0 Å². The number of hydrogen-bond donors (Lipinski definition) is 0. The third-order valence-electron chi connectivity index (χ3n) is 3.76. The van der Waals surface area contributed by atoms with Gasteiger partial charge in [-0.25, -0.2) is 4.98 Å². The Hall–Kier alpha value is -2.56. The van der Waals surface area contributed by atoms with Crippen molar-refractivity contribution in [3.8, 4) is 0 Å². The fourth-order valence-electron chi connectivity index (χ4n) is 2.47. The van der Waals surface area contributed by atoms with Crippen LogP contribution in [0, 0.1) is 5.95 Å². The zero-order valence-electron chi connectivity index (χ0n) is 12.4. The van der Waals surface area contributed by atoms with Crippen LogP contribution < -0.4 is 5.46 Å². The average Bonchev–Trinajstić information content (AvgIpc) is 2.55. The minimum atomic E-state index is -0.718. The van der Waals surface area contributed by atoms with Crippen LogP contribution in [0.1, 0.15) is 28.8 Å². The number of benzene rings is 1. The molecule has 0 saturated heterocycles. The molecule has 3 nitrogen and oxygen atoms in total. The average molecular weight is 292 g/mol. The van der Waals surface area contributed by atoms with Gasteiger partial charge in [-0.05, 0) is 23.8 Å². The summed E-state index contributed by atoms with van der Waals surface area (Å²) in [7, 11) is 1.79. The Labute approximate surface area is 128 Å². The van der Waals surface area contributed by atoms with Crippen molar-refractivity contribution >= 4 is 30.0 Å². The van der Waals surface area contributed by atoms with Crippen LogP contribution >= 0.6 is 0 Å². The lowest BCUT2D eigenvalue weighted by atomic mass is 9.89. The highest BCUT2D eigenvalue weighted by atomic mass is 19.1. The number of Topliss-reactive ketones (excluding diaryl/α,β-unsaturated/α-hetero) is 1. The minimum absolute atomic E-state index is 0.0405. The number of nitrogens with zero attached hydrogens (tertiary/aromatic N) is 2. The molecule has 0 bridgehead atoms. The lowest BCUT2D eigenvalue weighted by molar-refractivity contribution is 0.0961. The summed E-state index contributed by atoms with van der Waals surface area (Å²) in [5, 5.41) is 0.961. The molecular weight excluding hydrogens is 278 g/mol. The lowest BCUT2D eigenvalue weighted by Gasteiger charge is -2.12. The SMILES string of the molecule is Bc1cnc(F)c(C(=O)C(C)c2ccc3ncccc3c2)c1. The summed E-state index contributed by atoms with van der Waals surface area (Å²) in [6.45, 7) is 1.78. The first-order valence-corrected chi connectivity index (χ1v) is 7.07. The highest BCUT2D eigenvalue weighted by Gasteiger charge is 2.21.